The molecule has 3 aromatic rings. The van der Waals surface area contributed by atoms with Crippen LogP contribution in [-0.2, 0) is 27.7 Å². The molecule has 1 saturated heterocycles. The summed E-state index contributed by atoms with van der Waals surface area (Å²) in [6.45, 7) is 3.96. The number of nitrogens with zero attached hydrogens (tertiary/aromatic N) is 4. The fourth-order valence-electron chi connectivity index (χ4n) is 4.66. The van der Waals surface area contributed by atoms with E-state index in [9.17, 15) is 13.2 Å². The SMILES string of the molecule is COc1ccc(S(=O)(=O)N2CCOCC2)cc1NC(=O)c1cc(C)nc2c1nc1n2CCCCC1. The predicted molar refractivity (Wildman–Crippen MR) is 130 cm³/mol. The van der Waals surface area contributed by atoms with Crippen LogP contribution in [0.3, 0.4) is 0 Å². The number of benzene rings is 1. The molecule has 186 valence electrons. The molecule has 2 aliphatic rings. The summed E-state index contributed by atoms with van der Waals surface area (Å²) in [5.41, 5.74) is 2.65. The molecule has 0 bridgehead atoms. The van der Waals surface area contributed by atoms with E-state index in [0.29, 0.717) is 41.4 Å². The molecule has 1 fully saturated rings. The molecule has 11 heteroatoms. The van der Waals surface area contributed by atoms with E-state index in [-0.39, 0.29) is 23.7 Å². The Morgan fingerprint density at radius 1 is 1.09 bits per heavy atom. The standard InChI is InChI=1S/C24H29N5O5S/c1-16-14-18(22-23(25-16)29-9-5-3-4-6-21(29)27-22)24(30)26-19-15-17(7-8-20(19)33-2)35(31,32)28-10-12-34-13-11-28/h7-8,14-15H,3-6,9-13H2,1-2H3,(H,26,30). The van der Waals surface area contributed by atoms with E-state index in [0.717, 1.165) is 38.1 Å². The summed E-state index contributed by atoms with van der Waals surface area (Å²) >= 11 is 0. The van der Waals surface area contributed by atoms with Crippen LogP contribution >= 0.6 is 0 Å². The van der Waals surface area contributed by atoms with Gasteiger partial charge in [0.1, 0.15) is 17.1 Å². The number of carbonyl (C=O) groups is 1. The van der Waals surface area contributed by atoms with Crippen molar-refractivity contribution in [2.45, 2.75) is 44.0 Å². The molecule has 10 nitrogen and oxygen atoms in total. The number of imidazole rings is 1. The summed E-state index contributed by atoms with van der Waals surface area (Å²) in [6, 6.07) is 6.19. The zero-order valence-corrected chi connectivity index (χ0v) is 20.7. The summed E-state index contributed by atoms with van der Waals surface area (Å²) < 4.78 is 40.5. The minimum absolute atomic E-state index is 0.0836. The monoisotopic (exact) mass is 499 g/mol. The molecule has 1 amide bonds. The Morgan fingerprint density at radius 3 is 2.66 bits per heavy atom. The van der Waals surface area contributed by atoms with Gasteiger partial charge in [0.05, 0.1) is 36.5 Å². The van der Waals surface area contributed by atoms with E-state index in [4.69, 9.17) is 14.5 Å². The second kappa shape index (κ2) is 9.56. The van der Waals surface area contributed by atoms with Gasteiger partial charge in [0.2, 0.25) is 10.0 Å². The highest BCUT2D eigenvalue weighted by Gasteiger charge is 2.28. The Morgan fingerprint density at radius 2 is 1.89 bits per heavy atom. The molecule has 0 saturated carbocycles. The number of aryl methyl sites for hydroxylation is 3. The fourth-order valence-corrected chi connectivity index (χ4v) is 6.09. The number of fused-ring (bicyclic) bond motifs is 3. The van der Waals surface area contributed by atoms with E-state index in [1.807, 2.05) is 6.92 Å². The Bertz CT molecular complexity index is 1380. The third-order valence-electron chi connectivity index (χ3n) is 6.46. The Kier molecular flexibility index (Phi) is 6.47. The number of hydrogen-bond donors (Lipinski definition) is 1. The number of hydrogen-bond acceptors (Lipinski definition) is 7. The lowest BCUT2D eigenvalue weighted by molar-refractivity contribution is 0.0730. The van der Waals surface area contributed by atoms with Crippen molar-refractivity contribution in [1.82, 2.24) is 18.8 Å². The van der Waals surface area contributed by atoms with Crippen molar-refractivity contribution >= 4 is 32.8 Å². The summed E-state index contributed by atoms with van der Waals surface area (Å²) in [4.78, 5) is 23.0. The number of methoxy groups -OCH3 is 1. The van der Waals surface area contributed by atoms with Gasteiger partial charge in [0.25, 0.3) is 5.91 Å². The normalized spacial score (nSPS) is 17.1. The van der Waals surface area contributed by atoms with Gasteiger partial charge in [-0.15, -0.1) is 0 Å². The largest absolute Gasteiger partial charge is 0.495 e. The van der Waals surface area contributed by atoms with Crippen LogP contribution in [0, 0.1) is 6.92 Å². The number of carbonyl (C=O) groups excluding carboxylic acids is 1. The summed E-state index contributed by atoms with van der Waals surface area (Å²) in [6.07, 6.45) is 4.11. The van der Waals surface area contributed by atoms with E-state index in [1.54, 1.807) is 12.1 Å². The van der Waals surface area contributed by atoms with Gasteiger partial charge >= 0.3 is 0 Å². The summed E-state index contributed by atoms with van der Waals surface area (Å²) in [5.74, 6) is 0.913. The number of nitrogens with one attached hydrogen (secondary N) is 1. The average molecular weight is 500 g/mol. The Balaban J connectivity index is 1.51. The molecular formula is C24H29N5O5S. The summed E-state index contributed by atoms with van der Waals surface area (Å²) in [5, 5.41) is 2.86. The fraction of sp³-hybridized carbons (Fsp3) is 0.458. The molecule has 0 atom stereocenters. The molecule has 2 aromatic heterocycles. The quantitative estimate of drug-likeness (QED) is 0.574. The minimum Gasteiger partial charge on any atom is -0.495 e. The van der Waals surface area contributed by atoms with E-state index < -0.39 is 15.9 Å². The van der Waals surface area contributed by atoms with Gasteiger partial charge in [-0.1, -0.05) is 6.42 Å². The van der Waals surface area contributed by atoms with Crippen LogP contribution in [0.2, 0.25) is 0 Å². The van der Waals surface area contributed by atoms with Crippen LogP contribution in [-0.4, -0.2) is 66.6 Å². The molecule has 0 unspecified atom stereocenters. The lowest BCUT2D eigenvalue weighted by Gasteiger charge is -2.26. The van der Waals surface area contributed by atoms with E-state index >= 15 is 0 Å². The van der Waals surface area contributed by atoms with Crippen LogP contribution in [0.25, 0.3) is 11.2 Å². The number of sulfonamides is 1. The molecule has 0 radical (unpaired) electrons. The first-order valence-electron chi connectivity index (χ1n) is 11.8. The van der Waals surface area contributed by atoms with Crippen molar-refractivity contribution in [3.63, 3.8) is 0 Å². The second-order valence-electron chi connectivity index (χ2n) is 8.81. The number of morpholine rings is 1. The number of aromatic nitrogens is 3. The second-order valence-corrected chi connectivity index (χ2v) is 10.7. The minimum atomic E-state index is -3.74. The number of anilines is 1. The van der Waals surface area contributed by atoms with Gasteiger partial charge in [-0.05, 0) is 44.0 Å². The number of pyridine rings is 1. The zero-order chi connectivity index (χ0) is 24.6. The zero-order valence-electron chi connectivity index (χ0n) is 19.9. The van der Waals surface area contributed by atoms with Crippen molar-refractivity contribution in [3.8, 4) is 5.75 Å². The molecule has 4 heterocycles. The molecule has 2 aliphatic heterocycles. The molecule has 0 spiro atoms. The highest BCUT2D eigenvalue weighted by Crippen LogP contribution is 2.31. The lowest BCUT2D eigenvalue weighted by atomic mass is 10.1. The molecule has 5 rings (SSSR count). The smallest absolute Gasteiger partial charge is 0.258 e. The third-order valence-corrected chi connectivity index (χ3v) is 8.36. The maximum atomic E-state index is 13.5. The van der Waals surface area contributed by atoms with Crippen LogP contribution < -0.4 is 10.1 Å². The van der Waals surface area contributed by atoms with E-state index in [2.05, 4.69) is 14.9 Å². The maximum Gasteiger partial charge on any atom is 0.258 e. The van der Waals surface area contributed by atoms with Crippen LogP contribution in [0.1, 0.15) is 41.1 Å². The van der Waals surface area contributed by atoms with Crippen LogP contribution in [0.15, 0.2) is 29.2 Å². The van der Waals surface area contributed by atoms with Gasteiger partial charge in [0.15, 0.2) is 5.65 Å². The Hall–Kier alpha value is -3.02. The molecule has 1 aromatic carbocycles. The first-order chi connectivity index (χ1) is 16.9. The molecular weight excluding hydrogens is 470 g/mol. The molecule has 1 N–H and O–H groups in total. The third kappa shape index (κ3) is 4.51. The van der Waals surface area contributed by atoms with Crippen molar-refractivity contribution < 1.29 is 22.7 Å². The van der Waals surface area contributed by atoms with Crippen LogP contribution in [0.5, 0.6) is 5.75 Å². The predicted octanol–water partition coefficient (Wildman–Crippen LogP) is 2.75. The number of ether oxygens (including phenoxy) is 2. The van der Waals surface area contributed by atoms with Gasteiger partial charge in [0, 0.05) is 31.7 Å². The number of rotatable bonds is 5. The van der Waals surface area contributed by atoms with Crippen molar-refractivity contribution in [3.05, 3.63) is 41.3 Å². The average Bonchev–Trinajstić information content (AvgIpc) is 3.04. The first-order valence-corrected chi connectivity index (χ1v) is 13.3. The van der Waals surface area contributed by atoms with Crippen molar-refractivity contribution in [2.24, 2.45) is 0 Å². The topological polar surface area (TPSA) is 116 Å². The molecule has 35 heavy (non-hydrogen) atoms. The van der Waals surface area contributed by atoms with Crippen molar-refractivity contribution in [1.29, 1.82) is 0 Å². The molecule has 0 aliphatic carbocycles. The first kappa shape index (κ1) is 23.7. The van der Waals surface area contributed by atoms with Gasteiger partial charge in [-0.2, -0.15) is 4.31 Å². The summed E-state index contributed by atoms with van der Waals surface area (Å²) in [7, 11) is -2.26. The van der Waals surface area contributed by atoms with Crippen LogP contribution in [0.4, 0.5) is 5.69 Å². The highest BCUT2D eigenvalue weighted by molar-refractivity contribution is 7.89. The lowest BCUT2D eigenvalue weighted by Crippen LogP contribution is -2.40. The number of amides is 1. The van der Waals surface area contributed by atoms with E-state index in [1.165, 1.54) is 23.5 Å². The van der Waals surface area contributed by atoms with Crippen molar-refractivity contribution in [2.75, 3.05) is 38.7 Å². The van der Waals surface area contributed by atoms with Gasteiger partial charge in [-0.25, -0.2) is 18.4 Å². The van der Waals surface area contributed by atoms with Gasteiger partial charge < -0.3 is 19.4 Å². The maximum absolute atomic E-state index is 13.5. The Labute approximate surface area is 204 Å². The highest BCUT2D eigenvalue weighted by atomic mass is 32.2. The van der Waals surface area contributed by atoms with Gasteiger partial charge in [-0.3, -0.25) is 4.79 Å².